The first-order chi connectivity index (χ1) is 13.0. The van der Waals surface area contributed by atoms with Crippen molar-refractivity contribution in [2.45, 2.75) is 26.3 Å². The van der Waals surface area contributed by atoms with Gasteiger partial charge in [-0.2, -0.15) is 0 Å². The lowest BCUT2D eigenvalue weighted by atomic mass is 10.1. The maximum Gasteiger partial charge on any atom is 0.203 e. The molecular formula is C21H26N2O4. The van der Waals surface area contributed by atoms with Gasteiger partial charge in [-0.1, -0.05) is 13.0 Å². The zero-order valence-electron chi connectivity index (χ0n) is 16.4. The number of ketones is 1. The molecule has 0 saturated carbocycles. The Morgan fingerprint density at radius 2 is 1.74 bits per heavy atom. The van der Waals surface area contributed by atoms with Crippen molar-refractivity contribution >= 4 is 17.9 Å². The van der Waals surface area contributed by atoms with Crippen LogP contribution in [-0.4, -0.2) is 36.7 Å². The van der Waals surface area contributed by atoms with Gasteiger partial charge in [0.15, 0.2) is 17.3 Å². The van der Waals surface area contributed by atoms with Crippen molar-refractivity contribution in [1.82, 2.24) is 9.55 Å². The summed E-state index contributed by atoms with van der Waals surface area (Å²) in [6, 6.07) is 3.90. The maximum absolute atomic E-state index is 12.2. The number of ether oxygens (including phenoxy) is 3. The number of hydrogen-bond donors (Lipinski definition) is 0. The van der Waals surface area contributed by atoms with Crippen LogP contribution in [0.25, 0.3) is 12.2 Å². The van der Waals surface area contributed by atoms with Gasteiger partial charge in [-0.25, -0.2) is 4.98 Å². The second-order valence-electron chi connectivity index (χ2n) is 5.98. The molecule has 2 rings (SSSR count). The van der Waals surface area contributed by atoms with E-state index in [0.717, 1.165) is 17.8 Å². The van der Waals surface area contributed by atoms with Crippen LogP contribution in [0.15, 0.2) is 36.7 Å². The summed E-state index contributed by atoms with van der Waals surface area (Å²) in [5.74, 6) is 2.21. The molecule has 0 N–H and O–H groups in total. The fourth-order valence-electron chi connectivity index (χ4n) is 2.61. The number of carbonyl (C=O) groups is 1. The Morgan fingerprint density at radius 3 is 2.30 bits per heavy atom. The van der Waals surface area contributed by atoms with E-state index in [1.807, 2.05) is 10.8 Å². The second-order valence-corrected chi connectivity index (χ2v) is 5.98. The molecule has 0 spiro atoms. The molecule has 0 fully saturated rings. The lowest BCUT2D eigenvalue weighted by Gasteiger charge is -2.12. The summed E-state index contributed by atoms with van der Waals surface area (Å²) < 4.78 is 18.0. The van der Waals surface area contributed by atoms with Crippen molar-refractivity contribution in [1.29, 1.82) is 0 Å². The molecule has 0 bridgehead atoms. The highest BCUT2D eigenvalue weighted by Crippen LogP contribution is 2.38. The standard InChI is InChI=1S/C21H26N2O4/c1-6-15(2)23-12-11-22-20(23)10-9-17(24)8-7-16-13-18(25-3)21(27-5)19(14-16)26-4/h7-15H,6H2,1-5H3/b8-7+,10-9+. The zero-order chi connectivity index (χ0) is 19.8. The molecule has 1 unspecified atom stereocenters. The van der Waals surface area contributed by atoms with Crippen LogP contribution in [-0.2, 0) is 4.79 Å². The lowest BCUT2D eigenvalue weighted by molar-refractivity contribution is -0.110. The Balaban J connectivity index is 2.16. The van der Waals surface area contributed by atoms with E-state index in [2.05, 4.69) is 18.8 Å². The number of allylic oxidation sites excluding steroid dienone is 2. The van der Waals surface area contributed by atoms with Crippen molar-refractivity contribution in [3.8, 4) is 17.2 Å². The summed E-state index contributed by atoms with van der Waals surface area (Å²) in [5, 5.41) is 0. The minimum Gasteiger partial charge on any atom is -0.493 e. The predicted molar refractivity (Wildman–Crippen MR) is 106 cm³/mol. The van der Waals surface area contributed by atoms with Crippen molar-refractivity contribution in [2.24, 2.45) is 0 Å². The van der Waals surface area contributed by atoms with Crippen LogP contribution in [0.2, 0.25) is 0 Å². The van der Waals surface area contributed by atoms with Gasteiger partial charge in [0, 0.05) is 18.4 Å². The highest BCUT2D eigenvalue weighted by Gasteiger charge is 2.12. The minimum atomic E-state index is -0.137. The molecule has 27 heavy (non-hydrogen) atoms. The molecule has 2 aromatic rings. The Kier molecular flexibility index (Phi) is 7.23. The minimum absolute atomic E-state index is 0.137. The van der Waals surface area contributed by atoms with E-state index in [-0.39, 0.29) is 5.78 Å². The average molecular weight is 370 g/mol. The SMILES string of the molecule is CCC(C)n1ccnc1/C=C/C(=O)/C=C/c1cc(OC)c(OC)c(OC)c1. The third-order valence-corrected chi connectivity index (χ3v) is 4.29. The molecule has 1 atom stereocenters. The van der Waals surface area contributed by atoms with E-state index < -0.39 is 0 Å². The molecule has 1 heterocycles. The fraction of sp³-hybridized carbons (Fsp3) is 0.333. The van der Waals surface area contributed by atoms with Crippen molar-refractivity contribution in [2.75, 3.05) is 21.3 Å². The molecule has 0 aliphatic heterocycles. The summed E-state index contributed by atoms with van der Waals surface area (Å²) >= 11 is 0. The Labute approximate surface area is 160 Å². The second kappa shape index (κ2) is 9.62. The number of methoxy groups -OCH3 is 3. The van der Waals surface area contributed by atoms with Gasteiger partial charge in [0.2, 0.25) is 5.75 Å². The normalized spacial score (nSPS) is 12.5. The molecule has 1 aromatic carbocycles. The molecule has 0 aliphatic carbocycles. The first-order valence-corrected chi connectivity index (χ1v) is 8.77. The van der Waals surface area contributed by atoms with Gasteiger partial charge in [-0.3, -0.25) is 4.79 Å². The number of rotatable bonds is 9. The molecule has 1 aromatic heterocycles. The van der Waals surface area contributed by atoms with E-state index in [9.17, 15) is 4.79 Å². The number of imidazole rings is 1. The number of nitrogens with zero attached hydrogens (tertiary/aromatic N) is 2. The molecule has 0 amide bonds. The summed E-state index contributed by atoms with van der Waals surface area (Å²) in [4.78, 5) is 16.5. The van der Waals surface area contributed by atoms with Gasteiger partial charge >= 0.3 is 0 Å². The van der Waals surface area contributed by atoms with Crippen LogP contribution in [0.4, 0.5) is 0 Å². The number of aromatic nitrogens is 2. The summed E-state index contributed by atoms with van der Waals surface area (Å²) in [6.45, 7) is 4.23. The van der Waals surface area contributed by atoms with Crippen molar-refractivity contribution < 1.29 is 19.0 Å². The Hall–Kier alpha value is -3.02. The lowest BCUT2D eigenvalue weighted by Crippen LogP contribution is -2.04. The van der Waals surface area contributed by atoms with E-state index in [0.29, 0.717) is 23.3 Å². The van der Waals surface area contributed by atoms with E-state index in [1.165, 1.54) is 12.2 Å². The van der Waals surface area contributed by atoms with Crippen LogP contribution in [0.1, 0.15) is 37.7 Å². The molecule has 6 nitrogen and oxygen atoms in total. The molecule has 0 radical (unpaired) electrons. The van der Waals surface area contributed by atoms with Crippen molar-refractivity contribution in [3.63, 3.8) is 0 Å². The fourth-order valence-corrected chi connectivity index (χ4v) is 2.61. The zero-order valence-corrected chi connectivity index (χ0v) is 16.4. The van der Waals surface area contributed by atoms with Gasteiger partial charge in [-0.05, 0) is 49.3 Å². The highest BCUT2D eigenvalue weighted by molar-refractivity contribution is 6.04. The Bertz CT molecular complexity index is 811. The smallest absolute Gasteiger partial charge is 0.203 e. The van der Waals surface area contributed by atoms with Gasteiger partial charge in [-0.15, -0.1) is 0 Å². The molecule has 144 valence electrons. The van der Waals surface area contributed by atoms with E-state index in [4.69, 9.17) is 14.2 Å². The van der Waals surface area contributed by atoms with Gasteiger partial charge in [0.25, 0.3) is 0 Å². The van der Waals surface area contributed by atoms with Crippen LogP contribution in [0, 0.1) is 0 Å². The molecule has 0 aliphatic rings. The highest BCUT2D eigenvalue weighted by atomic mass is 16.5. The largest absolute Gasteiger partial charge is 0.493 e. The number of carbonyl (C=O) groups excluding carboxylic acids is 1. The molecular weight excluding hydrogens is 344 g/mol. The summed E-state index contributed by atoms with van der Waals surface area (Å²) in [7, 11) is 4.66. The van der Waals surface area contributed by atoms with Crippen LogP contribution in [0.5, 0.6) is 17.2 Å². The summed E-state index contributed by atoms with van der Waals surface area (Å²) in [5.41, 5.74) is 0.771. The quantitative estimate of drug-likeness (QED) is 0.620. The van der Waals surface area contributed by atoms with Gasteiger partial charge < -0.3 is 18.8 Å². The van der Waals surface area contributed by atoms with Gasteiger partial charge in [0.1, 0.15) is 5.82 Å². The van der Waals surface area contributed by atoms with E-state index >= 15 is 0 Å². The third kappa shape index (κ3) is 5.00. The topological polar surface area (TPSA) is 62.6 Å². The monoisotopic (exact) mass is 370 g/mol. The van der Waals surface area contributed by atoms with Gasteiger partial charge in [0.05, 0.1) is 21.3 Å². The predicted octanol–water partition coefficient (Wildman–Crippen LogP) is 4.18. The van der Waals surface area contributed by atoms with E-state index in [1.54, 1.807) is 51.8 Å². The van der Waals surface area contributed by atoms with Crippen molar-refractivity contribution in [3.05, 3.63) is 48.1 Å². The molecule has 6 heteroatoms. The Morgan fingerprint density at radius 1 is 1.11 bits per heavy atom. The first kappa shape index (κ1) is 20.3. The average Bonchev–Trinajstić information content (AvgIpc) is 3.17. The maximum atomic E-state index is 12.2. The number of benzene rings is 1. The first-order valence-electron chi connectivity index (χ1n) is 8.77. The number of hydrogen-bond acceptors (Lipinski definition) is 5. The third-order valence-electron chi connectivity index (χ3n) is 4.29. The van der Waals surface area contributed by atoms with Crippen LogP contribution >= 0.6 is 0 Å². The summed E-state index contributed by atoms with van der Waals surface area (Å²) in [6.07, 6.45) is 11.1. The van der Waals surface area contributed by atoms with Crippen LogP contribution in [0.3, 0.4) is 0 Å². The van der Waals surface area contributed by atoms with Crippen LogP contribution < -0.4 is 14.2 Å². The molecule has 0 saturated heterocycles.